The van der Waals surface area contributed by atoms with Gasteiger partial charge >= 0.3 is 0 Å². The molecule has 0 aliphatic carbocycles. The van der Waals surface area contributed by atoms with Crippen molar-refractivity contribution in [2.24, 2.45) is 0 Å². The van der Waals surface area contributed by atoms with Crippen LogP contribution in [0.15, 0.2) is 24.3 Å². The minimum atomic E-state index is 0.0748. The number of carbonyl (C=O) groups is 1. The molecule has 1 N–H and O–H groups in total. The zero-order valence-electron chi connectivity index (χ0n) is 10.3. The standard InChI is InChI=1S/C13H20N2O/c1-4-5-11-6-8-12(9-7-11)15(3)13(16)10-14-2/h6-9,14H,4-5,10H2,1-3H3. The molecule has 0 heterocycles. The third-order valence-electron chi connectivity index (χ3n) is 2.56. The van der Waals surface area contributed by atoms with E-state index in [1.165, 1.54) is 5.56 Å². The number of nitrogens with one attached hydrogen (secondary N) is 1. The Kier molecular flexibility index (Phi) is 4.99. The molecule has 0 aliphatic rings. The Morgan fingerprint density at radius 3 is 2.44 bits per heavy atom. The normalized spacial score (nSPS) is 10.2. The second-order valence-electron chi connectivity index (χ2n) is 3.90. The molecule has 0 saturated heterocycles. The van der Waals surface area contributed by atoms with Crippen molar-refractivity contribution in [3.8, 4) is 0 Å². The molecule has 0 fully saturated rings. The third-order valence-corrected chi connectivity index (χ3v) is 2.56. The molecule has 88 valence electrons. The number of benzene rings is 1. The minimum Gasteiger partial charge on any atom is -0.314 e. The van der Waals surface area contributed by atoms with E-state index in [4.69, 9.17) is 0 Å². The van der Waals surface area contributed by atoms with Crippen LogP contribution in [0.25, 0.3) is 0 Å². The summed E-state index contributed by atoms with van der Waals surface area (Å²) in [6.45, 7) is 2.53. The molecule has 1 aromatic carbocycles. The molecule has 1 amide bonds. The van der Waals surface area contributed by atoms with Crippen molar-refractivity contribution in [1.29, 1.82) is 0 Å². The van der Waals surface area contributed by atoms with E-state index in [2.05, 4.69) is 24.4 Å². The molecule has 0 saturated carbocycles. The Hall–Kier alpha value is -1.35. The summed E-state index contributed by atoms with van der Waals surface area (Å²) in [4.78, 5) is 13.3. The van der Waals surface area contributed by atoms with Crippen molar-refractivity contribution in [3.05, 3.63) is 29.8 Å². The lowest BCUT2D eigenvalue weighted by atomic mass is 10.1. The van der Waals surface area contributed by atoms with Crippen molar-refractivity contribution < 1.29 is 4.79 Å². The van der Waals surface area contributed by atoms with Gasteiger partial charge in [-0.2, -0.15) is 0 Å². The SMILES string of the molecule is CCCc1ccc(N(C)C(=O)CNC)cc1. The van der Waals surface area contributed by atoms with Crippen LogP contribution in [0.2, 0.25) is 0 Å². The van der Waals surface area contributed by atoms with Crippen LogP contribution >= 0.6 is 0 Å². The summed E-state index contributed by atoms with van der Waals surface area (Å²) in [7, 11) is 3.57. The van der Waals surface area contributed by atoms with E-state index in [-0.39, 0.29) is 5.91 Å². The fourth-order valence-corrected chi connectivity index (χ4v) is 1.59. The van der Waals surface area contributed by atoms with Gasteiger partial charge in [0.25, 0.3) is 0 Å². The van der Waals surface area contributed by atoms with Gasteiger partial charge in [0.1, 0.15) is 0 Å². The van der Waals surface area contributed by atoms with Gasteiger partial charge in [0, 0.05) is 12.7 Å². The molecule has 0 unspecified atom stereocenters. The van der Waals surface area contributed by atoms with E-state index in [0.29, 0.717) is 6.54 Å². The molecule has 16 heavy (non-hydrogen) atoms. The number of carbonyl (C=O) groups excluding carboxylic acids is 1. The van der Waals surface area contributed by atoms with Gasteiger partial charge in [-0.05, 0) is 31.2 Å². The second kappa shape index (κ2) is 6.28. The first kappa shape index (κ1) is 12.7. The maximum Gasteiger partial charge on any atom is 0.240 e. The fourth-order valence-electron chi connectivity index (χ4n) is 1.59. The molecule has 3 nitrogen and oxygen atoms in total. The maximum absolute atomic E-state index is 11.6. The van der Waals surface area contributed by atoms with Gasteiger partial charge in [0.15, 0.2) is 0 Å². The predicted molar refractivity (Wildman–Crippen MR) is 67.8 cm³/mol. The third kappa shape index (κ3) is 3.35. The van der Waals surface area contributed by atoms with E-state index in [1.807, 2.05) is 12.1 Å². The number of likely N-dealkylation sites (N-methyl/N-ethyl adjacent to an activating group) is 2. The largest absolute Gasteiger partial charge is 0.314 e. The number of amides is 1. The van der Waals surface area contributed by atoms with Crippen molar-refractivity contribution in [2.75, 3.05) is 25.5 Å². The summed E-state index contributed by atoms with van der Waals surface area (Å²) < 4.78 is 0. The van der Waals surface area contributed by atoms with Crippen LogP contribution in [0.4, 0.5) is 5.69 Å². The molecule has 3 heteroatoms. The Balaban J connectivity index is 2.69. The molecule has 1 aromatic rings. The second-order valence-corrected chi connectivity index (χ2v) is 3.90. The lowest BCUT2D eigenvalue weighted by Crippen LogP contribution is -2.34. The Morgan fingerprint density at radius 1 is 1.31 bits per heavy atom. The Labute approximate surface area is 97.5 Å². The summed E-state index contributed by atoms with van der Waals surface area (Å²) >= 11 is 0. The topological polar surface area (TPSA) is 32.3 Å². The van der Waals surface area contributed by atoms with Gasteiger partial charge in [0.05, 0.1) is 6.54 Å². The van der Waals surface area contributed by atoms with Crippen LogP contribution < -0.4 is 10.2 Å². The van der Waals surface area contributed by atoms with Gasteiger partial charge in [-0.1, -0.05) is 25.5 Å². The van der Waals surface area contributed by atoms with Gasteiger partial charge in [-0.3, -0.25) is 4.79 Å². The van der Waals surface area contributed by atoms with Gasteiger partial charge in [0.2, 0.25) is 5.91 Å². The highest BCUT2D eigenvalue weighted by molar-refractivity contribution is 5.94. The summed E-state index contributed by atoms with van der Waals surface area (Å²) in [6, 6.07) is 8.17. The first-order valence-electron chi connectivity index (χ1n) is 5.69. The minimum absolute atomic E-state index is 0.0748. The molecule has 0 bridgehead atoms. The first-order chi connectivity index (χ1) is 7.69. The Bertz CT molecular complexity index is 332. The van der Waals surface area contributed by atoms with Crippen LogP contribution in [0.3, 0.4) is 0 Å². The van der Waals surface area contributed by atoms with Gasteiger partial charge < -0.3 is 10.2 Å². The molecular weight excluding hydrogens is 200 g/mol. The van der Waals surface area contributed by atoms with E-state index in [0.717, 1.165) is 18.5 Å². The summed E-state index contributed by atoms with van der Waals surface area (Å²) in [5, 5.41) is 2.86. The fraction of sp³-hybridized carbons (Fsp3) is 0.462. The average molecular weight is 220 g/mol. The van der Waals surface area contributed by atoms with Crippen molar-refractivity contribution in [3.63, 3.8) is 0 Å². The number of hydrogen-bond donors (Lipinski definition) is 1. The molecule has 0 spiro atoms. The molecular formula is C13H20N2O. The predicted octanol–water partition coefficient (Wildman–Crippen LogP) is 1.82. The van der Waals surface area contributed by atoms with Gasteiger partial charge in [-0.15, -0.1) is 0 Å². The van der Waals surface area contributed by atoms with Crippen LogP contribution in [-0.4, -0.2) is 26.5 Å². The van der Waals surface area contributed by atoms with Crippen LogP contribution in [-0.2, 0) is 11.2 Å². The highest BCUT2D eigenvalue weighted by Crippen LogP contribution is 2.14. The lowest BCUT2D eigenvalue weighted by Gasteiger charge is -2.17. The zero-order valence-corrected chi connectivity index (χ0v) is 10.3. The Morgan fingerprint density at radius 2 is 1.94 bits per heavy atom. The molecule has 1 rings (SSSR count). The number of anilines is 1. The average Bonchev–Trinajstić information content (AvgIpc) is 2.30. The number of hydrogen-bond acceptors (Lipinski definition) is 2. The van der Waals surface area contributed by atoms with E-state index in [9.17, 15) is 4.79 Å². The molecule has 0 aromatic heterocycles. The summed E-state index contributed by atoms with van der Waals surface area (Å²) in [5.41, 5.74) is 2.26. The summed E-state index contributed by atoms with van der Waals surface area (Å²) in [5.74, 6) is 0.0748. The van der Waals surface area contributed by atoms with Crippen LogP contribution in [0.1, 0.15) is 18.9 Å². The van der Waals surface area contributed by atoms with Gasteiger partial charge in [-0.25, -0.2) is 0 Å². The van der Waals surface area contributed by atoms with Crippen molar-refractivity contribution in [1.82, 2.24) is 5.32 Å². The smallest absolute Gasteiger partial charge is 0.240 e. The monoisotopic (exact) mass is 220 g/mol. The van der Waals surface area contributed by atoms with E-state index < -0.39 is 0 Å². The summed E-state index contributed by atoms with van der Waals surface area (Å²) in [6.07, 6.45) is 2.24. The quantitative estimate of drug-likeness (QED) is 0.821. The van der Waals surface area contributed by atoms with Crippen LogP contribution in [0, 0.1) is 0 Å². The first-order valence-corrected chi connectivity index (χ1v) is 5.69. The van der Waals surface area contributed by atoms with E-state index >= 15 is 0 Å². The lowest BCUT2D eigenvalue weighted by molar-refractivity contribution is -0.117. The maximum atomic E-state index is 11.6. The molecule has 0 aliphatic heterocycles. The van der Waals surface area contributed by atoms with Crippen LogP contribution in [0.5, 0.6) is 0 Å². The zero-order chi connectivity index (χ0) is 12.0. The number of rotatable bonds is 5. The van der Waals surface area contributed by atoms with Crippen molar-refractivity contribution in [2.45, 2.75) is 19.8 Å². The molecule has 0 radical (unpaired) electrons. The van der Waals surface area contributed by atoms with E-state index in [1.54, 1.807) is 19.0 Å². The highest BCUT2D eigenvalue weighted by atomic mass is 16.2. The molecule has 0 atom stereocenters. The highest BCUT2D eigenvalue weighted by Gasteiger charge is 2.08. The number of aryl methyl sites for hydroxylation is 1. The number of nitrogens with zero attached hydrogens (tertiary/aromatic N) is 1. The van der Waals surface area contributed by atoms with Crippen molar-refractivity contribution >= 4 is 11.6 Å².